The first-order chi connectivity index (χ1) is 15.1. The molecule has 0 spiro atoms. The Kier molecular flexibility index (Phi) is 5.00. The summed E-state index contributed by atoms with van der Waals surface area (Å²) in [6.07, 6.45) is 2.69. The third-order valence-corrected chi connectivity index (χ3v) is 6.22. The molecule has 1 aliphatic rings. The fraction of sp³-hybridized carbons (Fsp3) is 0.160. The van der Waals surface area contributed by atoms with Gasteiger partial charge in [0.2, 0.25) is 5.91 Å². The first kappa shape index (κ1) is 19.5. The number of hydrazone groups is 1. The van der Waals surface area contributed by atoms with Gasteiger partial charge >= 0.3 is 0 Å². The molecule has 31 heavy (non-hydrogen) atoms. The summed E-state index contributed by atoms with van der Waals surface area (Å²) < 4.78 is 1.89. The lowest BCUT2D eigenvalue weighted by Crippen LogP contribution is -2.24. The van der Waals surface area contributed by atoms with Gasteiger partial charge in [-0.15, -0.1) is 0 Å². The maximum atomic E-state index is 12.5. The second kappa shape index (κ2) is 7.96. The molecule has 0 unspecified atom stereocenters. The molecule has 6 heteroatoms. The van der Waals surface area contributed by atoms with Crippen LogP contribution in [-0.2, 0) is 4.79 Å². The second-order valence-corrected chi connectivity index (χ2v) is 8.50. The summed E-state index contributed by atoms with van der Waals surface area (Å²) in [6, 6.07) is 20.2. The SMILES string of the molecule is CC(=O)N1N=C(c2ccc(C)cc2)C[C@H]1c1cn(-c2ccccc2)nc1-c1ccsc1. The molecule has 0 saturated heterocycles. The molecule has 0 fully saturated rings. The number of carbonyl (C=O) groups excluding carboxylic acids is 1. The molecule has 0 aliphatic carbocycles. The molecule has 154 valence electrons. The lowest BCUT2D eigenvalue weighted by molar-refractivity contribution is -0.130. The summed E-state index contributed by atoms with van der Waals surface area (Å²) in [6.45, 7) is 3.64. The van der Waals surface area contributed by atoms with Crippen molar-refractivity contribution < 1.29 is 4.79 Å². The van der Waals surface area contributed by atoms with E-state index in [2.05, 4.69) is 42.6 Å². The van der Waals surface area contributed by atoms with E-state index in [0.717, 1.165) is 33.8 Å². The highest BCUT2D eigenvalue weighted by Gasteiger charge is 2.34. The first-order valence-electron chi connectivity index (χ1n) is 10.2. The highest BCUT2D eigenvalue weighted by Crippen LogP contribution is 2.38. The predicted molar refractivity (Wildman–Crippen MR) is 124 cm³/mol. The molecule has 0 radical (unpaired) electrons. The van der Waals surface area contributed by atoms with Crippen molar-refractivity contribution in [2.45, 2.75) is 26.3 Å². The minimum absolute atomic E-state index is 0.0733. The van der Waals surface area contributed by atoms with Crippen molar-refractivity contribution in [3.8, 4) is 16.9 Å². The first-order valence-corrected chi connectivity index (χ1v) is 11.2. The van der Waals surface area contributed by atoms with Gasteiger partial charge in [0.1, 0.15) is 0 Å². The Bertz CT molecular complexity index is 1240. The van der Waals surface area contributed by atoms with Gasteiger partial charge in [-0.05, 0) is 36.1 Å². The van der Waals surface area contributed by atoms with Crippen LogP contribution in [0.25, 0.3) is 16.9 Å². The number of amides is 1. The van der Waals surface area contributed by atoms with Crippen LogP contribution in [0.15, 0.2) is 82.7 Å². The predicted octanol–water partition coefficient (Wildman–Crippen LogP) is 5.61. The van der Waals surface area contributed by atoms with Gasteiger partial charge in [-0.2, -0.15) is 21.5 Å². The van der Waals surface area contributed by atoms with Gasteiger partial charge in [-0.25, -0.2) is 9.69 Å². The van der Waals surface area contributed by atoms with E-state index in [9.17, 15) is 4.79 Å². The maximum absolute atomic E-state index is 12.5. The molecule has 0 saturated carbocycles. The summed E-state index contributed by atoms with van der Waals surface area (Å²) in [5, 5.41) is 15.4. The van der Waals surface area contributed by atoms with Crippen molar-refractivity contribution >= 4 is 23.0 Å². The second-order valence-electron chi connectivity index (χ2n) is 7.72. The van der Waals surface area contributed by atoms with Crippen molar-refractivity contribution in [2.24, 2.45) is 5.10 Å². The van der Waals surface area contributed by atoms with E-state index in [1.54, 1.807) is 23.3 Å². The minimum Gasteiger partial charge on any atom is -0.273 e. The van der Waals surface area contributed by atoms with Crippen LogP contribution in [-0.4, -0.2) is 26.4 Å². The van der Waals surface area contributed by atoms with E-state index >= 15 is 0 Å². The largest absolute Gasteiger partial charge is 0.273 e. The van der Waals surface area contributed by atoms with Gasteiger partial charge in [0.05, 0.1) is 23.1 Å². The van der Waals surface area contributed by atoms with Gasteiger partial charge in [0.15, 0.2) is 0 Å². The van der Waals surface area contributed by atoms with Crippen LogP contribution in [0.4, 0.5) is 0 Å². The summed E-state index contributed by atoms with van der Waals surface area (Å²) >= 11 is 1.64. The Hall–Kier alpha value is -3.51. The number of thiophene rings is 1. The van der Waals surface area contributed by atoms with E-state index in [1.165, 1.54) is 5.56 Å². The topological polar surface area (TPSA) is 50.5 Å². The van der Waals surface area contributed by atoms with Gasteiger partial charge in [0.25, 0.3) is 0 Å². The molecule has 0 bridgehead atoms. The molecule has 4 aromatic rings. The molecule has 2 aromatic heterocycles. The van der Waals surface area contributed by atoms with Gasteiger partial charge in [0, 0.05) is 36.0 Å². The summed E-state index contributed by atoms with van der Waals surface area (Å²) in [7, 11) is 0. The zero-order chi connectivity index (χ0) is 21.4. The third kappa shape index (κ3) is 3.70. The molecule has 1 aliphatic heterocycles. The van der Waals surface area contributed by atoms with Crippen LogP contribution in [0.1, 0.15) is 36.1 Å². The average Bonchev–Trinajstić information content (AvgIpc) is 3.53. The molecular formula is C25H22N4OS. The standard InChI is InChI=1S/C25H22N4OS/c1-17-8-10-19(11-9-17)23-14-24(29(26-23)18(2)30)22-15-28(21-6-4-3-5-7-21)27-25(22)20-12-13-31-16-20/h3-13,15-16,24H,14H2,1-2H3/t24-/m0/s1. The Morgan fingerprint density at radius 2 is 1.81 bits per heavy atom. The Labute approximate surface area is 185 Å². The fourth-order valence-corrected chi connectivity index (χ4v) is 4.57. The third-order valence-electron chi connectivity index (χ3n) is 5.53. The van der Waals surface area contributed by atoms with Crippen molar-refractivity contribution in [3.63, 3.8) is 0 Å². The number of aromatic nitrogens is 2. The molecular weight excluding hydrogens is 404 g/mol. The lowest BCUT2D eigenvalue weighted by atomic mass is 9.97. The number of rotatable bonds is 4. The van der Waals surface area contributed by atoms with Crippen molar-refractivity contribution in [1.82, 2.24) is 14.8 Å². The van der Waals surface area contributed by atoms with Crippen molar-refractivity contribution in [3.05, 3.63) is 94.3 Å². The number of aryl methyl sites for hydroxylation is 1. The summed E-state index contributed by atoms with van der Waals surface area (Å²) in [5.41, 5.74) is 7.10. The lowest BCUT2D eigenvalue weighted by Gasteiger charge is -2.20. The molecule has 3 heterocycles. The van der Waals surface area contributed by atoms with Crippen LogP contribution in [0.2, 0.25) is 0 Å². The Morgan fingerprint density at radius 1 is 1.03 bits per heavy atom. The fourth-order valence-electron chi connectivity index (χ4n) is 3.93. The van der Waals surface area contributed by atoms with Gasteiger partial charge in [-0.3, -0.25) is 4.79 Å². The minimum atomic E-state index is -0.193. The van der Waals surface area contributed by atoms with Crippen LogP contribution in [0, 0.1) is 6.92 Å². The van der Waals surface area contributed by atoms with E-state index in [4.69, 9.17) is 10.2 Å². The van der Waals surface area contributed by atoms with Gasteiger partial charge < -0.3 is 0 Å². The molecule has 5 nitrogen and oxygen atoms in total. The summed E-state index contributed by atoms with van der Waals surface area (Å²) in [4.78, 5) is 12.5. The zero-order valence-corrected chi connectivity index (χ0v) is 18.2. The van der Waals surface area contributed by atoms with E-state index in [1.807, 2.05) is 46.6 Å². The van der Waals surface area contributed by atoms with Crippen LogP contribution in [0.5, 0.6) is 0 Å². The molecule has 5 rings (SSSR count). The number of para-hydroxylation sites is 1. The zero-order valence-electron chi connectivity index (χ0n) is 17.4. The average molecular weight is 427 g/mol. The van der Waals surface area contributed by atoms with E-state index < -0.39 is 0 Å². The van der Waals surface area contributed by atoms with E-state index in [0.29, 0.717) is 6.42 Å². The van der Waals surface area contributed by atoms with Crippen molar-refractivity contribution in [1.29, 1.82) is 0 Å². The van der Waals surface area contributed by atoms with Crippen molar-refractivity contribution in [2.75, 3.05) is 0 Å². The maximum Gasteiger partial charge on any atom is 0.240 e. The summed E-state index contributed by atoms with van der Waals surface area (Å²) in [5.74, 6) is -0.0733. The quantitative estimate of drug-likeness (QED) is 0.426. The van der Waals surface area contributed by atoms with Crippen LogP contribution in [0.3, 0.4) is 0 Å². The van der Waals surface area contributed by atoms with Crippen LogP contribution >= 0.6 is 11.3 Å². The molecule has 1 amide bonds. The van der Waals surface area contributed by atoms with E-state index in [-0.39, 0.29) is 11.9 Å². The Balaban J connectivity index is 1.59. The molecule has 1 atom stereocenters. The van der Waals surface area contributed by atoms with Gasteiger partial charge in [-0.1, -0.05) is 48.0 Å². The van der Waals surface area contributed by atoms with Crippen LogP contribution < -0.4 is 0 Å². The molecule has 0 N–H and O–H groups in total. The normalized spacial score (nSPS) is 15.9. The number of benzene rings is 2. The number of hydrogen-bond acceptors (Lipinski definition) is 4. The molecule has 2 aromatic carbocycles. The highest BCUT2D eigenvalue weighted by molar-refractivity contribution is 7.08. The smallest absolute Gasteiger partial charge is 0.240 e. The number of carbonyl (C=O) groups is 1. The monoisotopic (exact) mass is 426 g/mol. The highest BCUT2D eigenvalue weighted by atomic mass is 32.1. The Morgan fingerprint density at radius 3 is 2.48 bits per heavy atom. The number of hydrogen-bond donors (Lipinski definition) is 0. The number of nitrogens with zero attached hydrogens (tertiary/aromatic N) is 4.